The van der Waals surface area contributed by atoms with Crippen molar-refractivity contribution in [2.24, 2.45) is 0 Å². The van der Waals surface area contributed by atoms with Gasteiger partial charge in [0.1, 0.15) is 0 Å². The second kappa shape index (κ2) is 6.89. The van der Waals surface area contributed by atoms with Crippen LogP contribution in [0.5, 0.6) is 11.5 Å². The third kappa shape index (κ3) is 3.57. The van der Waals surface area contributed by atoms with Crippen LogP contribution in [0.15, 0.2) is 42.5 Å². The first-order chi connectivity index (χ1) is 10.9. The molecule has 0 saturated heterocycles. The van der Waals surface area contributed by atoms with Gasteiger partial charge in [0.05, 0.1) is 7.11 Å². The molecule has 0 aromatic heterocycles. The molecule has 0 aliphatic heterocycles. The Hall–Kier alpha value is -2.24. The van der Waals surface area contributed by atoms with Crippen molar-refractivity contribution in [2.45, 2.75) is 18.9 Å². The largest absolute Gasteiger partial charge is 0.504 e. The lowest BCUT2D eigenvalue weighted by atomic mass is 9.90. The summed E-state index contributed by atoms with van der Waals surface area (Å²) in [6.45, 7) is 1.71. The number of anilines is 1. The maximum Gasteiger partial charge on any atom is 0.260 e. The Morgan fingerprint density at radius 1 is 1.30 bits per heavy atom. The molecule has 1 atom stereocenters. The Morgan fingerprint density at radius 2 is 2.04 bits per heavy atom. The predicted molar refractivity (Wildman–Crippen MR) is 88.9 cm³/mol. The van der Waals surface area contributed by atoms with Crippen molar-refractivity contribution in [3.63, 3.8) is 0 Å². The first kappa shape index (κ1) is 17.1. The van der Waals surface area contributed by atoms with Crippen LogP contribution in [0.1, 0.15) is 18.9 Å². The number of phenols is 1. The van der Waals surface area contributed by atoms with Crippen LogP contribution in [0.3, 0.4) is 0 Å². The molecule has 0 spiro atoms. The first-order valence-corrected chi connectivity index (χ1v) is 7.45. The summed E-state index contributed by atoms with van der Waals surface area (Å²) < 4.78 is 5.00. The van der Waals surface area contributed by atoms with Gasteiger partial charge in [-0.2, -0.15) is 0 Å². The van der Waals surface area contributed by atoms with Gasteiger partial charge in [0, 0.05) is 16.8 Å². The Bertz CT molecular complexity index is 719. The number of phenolic OH excluding ortho intramolecular Hbond substituents is 1. The van der Waals surface area contributed by atoms with Gasteiger partial charge in [-0.15, -0.1) is 0 Å². The fourth-order valence-electron chi connectivity index (χ4n) is 2.23. The highest BCUT2D eigenvalue weighted by atomic mass is 35.5. The molecule has 0 heterocycles. The molecule has 0 aliphatic carbocycles. The predicted octanol–water partition coefficient (Wildman–Crippen LogP) is 3.29. The van der Waals surface area contributed by atoms with Crippen LogP contribution < -0.4 is 10.1 Å². The van der Waals surface area contributed by atoms with Gasteiger partial charge in [-0.3, -0.25) is 4.79 Å². The van der Waals surface area contributed by atoms with E-state index in [1.54, 1.807) is 31.2 Å². The first-order valence-electron chi connectivity index (χ1n) is 7.07. The van der Waals surface area contributed by atoms with Gasteiger partial charge >= 0.3 is 0 Å². The van der Waals surface area contributed by atoms with E-state index in [9.17, 15) is 15.0 Å². The summed E-state index contributed by atoms with van der Waals surface area (Å²) in [6, 6.07) is 10.9. The number of benzene rings is 2. The zero-order valence-corrected chi connectivity index (χ0v) is 13.6. The molecule has 6 heteroatoms. The number of hydrogen-bond donors (Lipinski definition) is 3. The van der Waals surface area contributed by atoms with Gasteiger partial charge in [-0.25, -0.2) is 0 Å². The molecular weight excluding hydrogens is 318 g/mol. The molecule has 1 amide bonds. The van der Waals surface area contributed by atoms with E-state index in [0.29, 0.717) is 16.3 Å². The summed E-state index contributed by atoms with van der Waals surface area (Å²) in [5, 5.41) is 23.4. The van der Waals surface area contributed by atoms with Gasteiger partial charge in [0.2, 0.25) is 0 Å². The molecule has 3 N–H and O–H groups in total. The van der Waals surface area contributed by atoms with Crippen LogP contribution in [-0.4, -0.2) is 23.2 Å². The number of aromatic hydroxyl groups is 1. The molecule has 0 fully saturated rings. The van der Waals surface area contributed by atoms with Crippen LogP contribution in [0.2, 0.25) is 5.02 Å². The number of aliphatic hydroxyl groups is 1. The number of nitrogens with one attached hydrogen (secondary N) is 1. The number of ether oxygens (including phenoxy) is 1. The number of carbonyl (C=O) groups is 1. The van der Waals surface area contributed by atoms with E-state index in [-0.39, 0.29) is 17.9 Å². The van der Waals surface area contributed by atoms with Crippen molar-refractivity contribution < 1.29 is 19.7 Å². The van der Waals surface area contributed by atoms with Crippen molar-refractivity contribution in [1.82, 2.24) is 0 Å². The van der Waals surface area contributed by atoms with Crippen LogP contribution in [-0.2, 0) is 10.4 Å². The van der Waals surface area contributed by atoms with Crippen molar-refractivity contribution in [2.75, 3.05) is 12.4 Å². The van der Waals surface area contributed by atoms with Gasteiger partial charge in [-0.05, 0) is 36.2 Å². The zero-order chi connectivity index (χ0) is 17.0. The molecule has 0 saturated carbocycles. The van der Waals surface area contributed by atoms with Crippen LogP contribution in [0.4, 0.5) is 5.69 Å². The van der Waals surface area contributed by atoms with Gasteiger partial charge < -0.3 is 20.3 Å². The topological polar surface area (TPSA) is 78.8 Å². The number of methoxy groups -OCH3 is 1. The molecule has 0 bridgehead atoms. The minimum Gasteiger partial charge on any atom is -0.504 e. The fraction of sp³-hybridized carbons (Fsp3) is 0.235. The van der Waals surface area contributed by atoms with Gasteiger partial charge in [0.25, 0.3) is 5.91 Å². The third-order valence-corrected chi connectivity index (χ3v) is 3.86. The second-order valence-corrected chi connectivity index (χ2v) is 5.50. The smallest absolute Gasteiger partial charge is 0.260 e. The van der Waals surface area contributed by atoms with Crippen molar-refractivity contribution in [3.8, 4) is 11.5 Å². The molecular formula is C17H18ClNO4. The summed E-state index contributed by atoms with van der Waals surface area (Å²) in [4.78, 5) is 12.6. The lowest BCUT2D eigenvalue weighted by molar-refractivity contribution is -0.135. The highest BCUT2D eigenvalue weighted by Gasteiger charge is 2.36. The lowest BCUT2D eigenvalue weighted by Crippen LogP contribution is -2.39. The Kier molecular flexibility index (Phi) is 5.13. The van der Waals surface area contributed by atoms with E-state index in [2.05, 4.69) is 5.32 Å². The lowest BCUT2D eigenvalue weighted by Gasteiger charge is -2.26. The fourth-order valence-corrected chi connectivity index (χ4v) is 2.42. The zero-order valence-electron chi connectivity index (χ0n) is 12.8. The van der Waals surface area contributed by atoms with Gasteiger partial charge in [0.15, 0.2) is 17.1 Å². The summed E-state index contributed by atoms with van der Waals surface area (Å²) in [5.41, 5.74) is -0.898. The number of halogens is 1. The molecule has 2 aromatic rings. The summed E-state index contributed by atoms with van der Waals surface area (Å²) in [6.07, 6.45) is 0.175. The normalized spacial score (nSPS) is 13.2. The standard InChI is InChI=1S/C17H18ClNO4/c1-3-17(22,11-5-4-6-12(18)9-11)16(21)19-13-7-8-14(20)15(10-13)23-2/h4-10,20,22H,3H2,1-2H3,(H,19,21)/t17-/m0/s1. The minimum atomic E-state index is -1.71. The highest BCUT2D eigenvalue weighted by Crippen LogP contribution is 2.31. The number of carbonyl (C=O) groups excluding carboxylic acids is 1. The van der Waals surface area contributed by atoms with E-state index in [1.165, 1.54) is 25.3 Å². The highest BCUT2D eigenvalue weighted by molar-refractivity contribution is 6.30. The number of amides is 1. The van der Waals surface area contributed by atoms with Crippen LogP contribution in [0.25, 0.3) is 0 Å². The monoisotopic (exact) mass is 335 g/mol. The Labute approximate surface area is 139 Å². The van der Waals surface area contributed by atoms with Crippen molar-refractivity contribution in [3.05, 3.63) is 53.1 Å². The van der Waals surface area contributed by atoms with E-state index >= 15 is 0 Å². The summed E-state index contributed by atoms with van der Waals surface area (Å²) in [5.74, 6) is -0.397. The maximum absolute atomic E-state index is 12.6. The molecule has 0 radical (unpaired) electrons. The molecule has 5 nitrogen and oxygen atoms in total. The molecule has 0 aliphatic rings. The van der Waals surface area contributed by atoms with E-state index in [4.69, 9.17) is 16.3 Å². The molecule has 23 heavy (non-hydrogen) atoms. The third-order valence-electron chi connectivity index (χ3n) is 3.63. The molecule has 0 unspecified atom stereocenters. The van der Waals surface area contributed by atoms with E-state index in [1.807, 2.05) is 0 Å². The van der Waals surface area contributed by atoms with E-state index in [0.717, 1.165) is 0 Å². The summed E-state index contributed by atoms with van der Waals surface area (Å²) >= 11 is 5.94. The number of rotatable bonds is 5. The van der Waals surface area contributed by atoms with Gasteiger partial charge in [-0.1, -0.05) is 30.7 Å². The molecule has 122 valence electrons. The Morgan fingerprint density at radius 3 is 2.65 bits per heavy atom. The van der Waals surface area contributed by atoms with Crippen LogP contribution >= 0.6 is 11.6 Å². The van der Waals surface area contributed by atoms with E-state index < -0.39 is 11.5 Å². The average molecular weight is 336 g/mol. The Balaban J connectivity index is 2.30. The summed E-state index contributed by atoms with van der Waals surface area (Å²) in [7, 11) is 1.41. The minimum absolute atomic E-state index is 0.0360. The van der Waals surface area contributed by atoms with Crippen molar-refractivity contribution in [1.29, 1.82) is 0 Å². The SMILES string of the molecule is CC[C@@](O)(C(=O)Nc1ccc(O)c(OC)c1)c1cccc(Cl)c1. The average Bonchev–Trinajstić information content (AvgIpc) is 2.55. The molecule has 2 rings (SSSR count). The quantitative estimate of drug-likeness (QED) is 0.733. The second-order valence-electron chi connectivity index (χ2n) is 5.06. The maximum atomic E-state index is 12.6. The van der Waals surface area contributed by atoms with Crippen molar-refractivity contribution >= 4 is 23.2 Å². The van der Waals surface area contributed by atoms with Crippen LogP contribution in [0, 0.1) is 0 Å². The number of hydrogen-bond acceptors (Lipinski definition) is 4. The molecule has 2 aromatic carbocycles.